The van der Waals surface area contributed by atoms with Crippen molar-refractivity contribution in [2.24, 2.45) is 5.73 Å². The number of hydrogen-bond donors (Lipinski definition) is 3. The summed E-state index contributed by atoms with van der Waals surface area (Å²) in [7, 11) is 0. The minimum Gasteiger partial charge on any atom is -0.458 e. The molecule has 2 heterocycles. The number of nitrogens with two attached hydrogens (primary N) is 1. The maximum Gasteiger partial charge on any atom is 0.243 e. The Morgan fingerprint density at radius 3 is 2.91 bits per heavy atom. The van der Waals surface area contributed by atoms with Gasteiger partial charge in [-0.1, -0.05) is 13.3 Å². The Morgan fingerprint density at radius 1 is 1.43 bits per heavy atom. The summed E-state index contributed by atoms with van der Waals surface area (Å²) in [6.45, 7) is 3.75. The molecule has 8 heteroatoms. The number of furan rings is 1. The molecule has 0 fully saturated rings. The second kappa shape index (κ2) is 7.89. The van der Waals surface area contributed by atoms with E-state index >= 15 is 0 Å². The van der Waals surface area contributed by atoms with E-state index < -0.39 is 6.04 Å². The zero-order valence-corrected chi connectivity index (χ0v) is 13.9. The highest BCUT2D eigenvalue weighted by Gasteiger charge is 2.15. The van der Waals surface area contributed by atoms with Crippen molar-refractivity contribution < 1.29 is 14.0 Å². The molecule has 0 aliphatic heterocycles. The summed E-state index contributed by atoms with van der Waals surface area (Å²) in [4.78, 5) is 27.1. The summed E-state index contributed by atoms with van der Waals surface area (Å²) in [5, 5.41) is 7.65. The second-order valence-electron chi connectivity index (χ2n) is 5.10. The van der Waals surface area contributed by atoms with E-state index in [2.05, 4.69) is 15.6 Å². The summed E-state index contributed by atoms with van der Waals surface area (Å²) in [5.74, 6) is 0.863. The zero-order chi connectivity index (χ0) is 16.8. The third-order valence-corrected chi connectivity index (χ3v) is 3.85. The van der Waals surface area contributed by atoms with Crippen LogP contribution in [0.5, 0.6) is 0 Å². The maximum absolute atomic E-state index is 11.9. The smallest absolute Gasteiger partial charge is 0.243 e. The summed E-state index contributed by atoms with van der Waals surface area (Å²) < 4.78 is 5.62. The van der Waals surface area contributed by atoms with Crippen LogP contribution in [0.2, 0.25) is 0 Å². The maximum atomic E-state index is 11.9. The number of hydrogen-bond acceptors (Lipinski definition) is 6. The van der Waals surface area contributed by atoms with Crippen molar-refractivity contribution in [3.05, 3.63) is 23.3 Å². The molecule has 0 bridgehead atoms. The molecule has 0 aliphatic carbocycles. The van der Waals surface area contributed by atoms with Gasteiger partial charge in [-0.2, -0.15) is 0 Å². The van der Waals surface area contributed by atoms with Crippen molar-refractivity contribution in [3.63, 3.8) is 0 Å². The van der Waals surface area contributed by atoms with E-state index in [1.165, 1.54) is 18.3 Å². The number of aromatic nitrogens is 1. The highest BCUT2D eigenvalue weighted by Crippen LogP contribution is 2.26. The van der Waals surface area contributed by atoms with Gasteiger partial charge in [-0.05, 0) is 18.6 Å². The van der Waals surface area contributed by atoms with E-state index in [1.54, 1.807) is 17.5 Å². The number of nitrogens with zero attached hydrogens (tertiary/aromatic N) is 1. The van der Waals surface area contributed by atoms with Gasteiger partial charge in [0.25, 0.3) is 0 Å². The molecule has 124 valence electrons. The molecule has 1 atom stereocenters. The molecular weight excluding hydrogens is 316 g/mol. The summed E-state index contributed by atoms with van der Waals surface area (Å²) >= 11 is 1.31. The molecule has 0 spiro atoms. The lowest BCUT2D eigenvalue weighted by Gasteiger charge is -2.08. The van der Waals surface area contributed by atoms with Crippen molar-refractivity contribution in [1.29, 1.82) is 0 Å². The monoisotopic (exact) mass is 336 g/mol. The first-order valence-corrected chi connectivity index (χ1v) is 8.23. The van der Waals surface area contributed by atoms with Gasteiger partial charge < -0.3 is 20.8 Å². The van der Waals surface area contributed by atoms with E-state index in [0.717, 1.165) is 6.42 Å². The van der Waals surface area contributed by atoms with Gasteiger partial charge in [-0.25, -0.2) is 4.98 Å². The quantitative estimate of drug-likeness (QED) is 0.717. The molecular formula is C15H20N4O3S. The lowest BCUT2D eigenvalue weighted by molar-refractivity contribution is -0.119. The summed E-state index contributed by atoms with van der Waals surface area (Å²) in [6, 6.07) is 3.03. The van der Waals surface area contributed by atoms with Crippen LogP contribution in [0, 0.1) is 0 Å². The number of carbonyl (C=O) groups excluding carboxylic acids is 2. The van der Waals surface area contributed by atoms with Crippen LogP contribution in [-0.2, 0) is 16.1 Å². The molecule has 0 aromatic carbocycles. The third-order valence-electron chi connectivity index (χ3n) is 3.10. The average Bonchev–Trinajstić information content (AvgIpc) is 3.14. The van der Waals surface area contributed by atoms with E-state index in [0.29, 0.717) is 35.3 Å². The van der Waals surface area contributed by atoms with Crippen LogP contribution in [0.15, 0.2) is 21.9 Å². The number of amides is 2. The Balaban J connectivity index is 1.99. The van der Waals surface area contributed by atoms with E-state index in [4.69, 9.17) is 10.2 Å². The Kier molecular flexibility index (Phi) is 5.89. The fourth-order valence-corrected chi connectivity index (χ4v) is 2.61. The normalized spacial score (nSPS) is 12.0. The van der Waals surface area contributed by atoms with Crippen LogP contribution in [0.4, 0.5) is 5.13 Å². The van der Waals surface area contributed by atoms with Gasteiger partial charge in [0.15, 0.2) is 10.9 Å². The fourth-order valence-electron chi connectivity index (χ4n) is 1.91. The van der Waals surface area contributed by atoms with E-state index in [-0.39, 0.29) is 11.8 Å². The fraction of sp³-hybridized carbons (Fsp3) is 0.400. The molecule has 0 saturated heterocycles. The topological polar surface area (TPSA) is 110 Å². The molecule has 2 rings (SSSR count). The van der Waals surface area contributed by atoms with Crippen molar-refractivity contribution in [3.8, 4) is 11.5 Å². The number of anilines is 1. The number of nitrogens with one attached hydrogen (secondary N) is 2. The predicted octanol–water partition coefficient (Wildman–Crippen LogP) is 2.11. The van der Waals surface area contributed by atoms with E-state index in [9.17, 15) is 9.59 Å². The number of rotatable bonds is 7. The Morgan fingerprint density at radius 2 is 2.22 bits per heavy atom. The second-order valence-corrected chi connectivity index (χ2v) is 5.96. The van der Waals surface area contributed by atoms with Gasteiger partial charge in [0.2, 0.25) is 11.8 Å². The Hall–Kier alpha value is -2.19. The molecule has 7 nitrogen and oxygen atoms in total. The average molecular weight is 336 g/mol. The first-order valence-electron chi connectivity index (χ1n) is 7.35. The largest absolute Gasteiger partial charge is 0.458 e. The summed E-state index contributed by atoms with van der Waals surface area (Å²) in [6.07, 6.45) is 1.48. The zero-order valence-electron chi connectivity index (χ0n) is 13.1. The first-order chi connectivity index (χ1) is 11.0. The van der Waals surface area contributed by atoms with Crippen molar-refractivity contribution in [2.45, 2.75) is 39.3 Å². The van der Waals surface area contributed by atoms with Gasteiger partial charge in [0.1, 0.15) is 11.5 Å². The standard InChI is InChI=1S/C15H20N4O3S/c1-3-4-11(16)14(21)19-15-18-12(8-23-15)13-6-5-10(22-13)7-17-9(2)20/h5-6,8,11H,3-4,7,16H2,1-2H3,(H,17,20)(H,18,19,21). The minimum absolute atomic E-state index is 0.120. The van der Waals surface area contributed by atoms with Crippen LogP contribution >= 0.6 is 11.3 Å². The highest BCUT2D eigenvalue weighted by atomic mass is 32.1. The SMILES string of the molecule is CCCC(N)C(=O)Nc1nc(-c2ccc(CNC(C)=O)o2)cs1. The Bertz CT molecular complexity index is 680. The lowest BCUT2D eigenvalue weighted by atomic mass is 10.2. The van der Waals surface area contributed by atoms with Gasteiger partial charge in [0.05, 0.1) is 12.6 Å². The first kappa shape index (κ1) is 17.2. The number of carbonyl (C=O) groups is 2. The van der Waals surface area contributed by atoms with Crippen LogP contribution < -0.4 is 16.4 Å². The molecule has 2 amide bonds. The number of thiazole rings is 1. The molecule has 2 aromatic heterocycles. The van der Waals surface area contributed by atoms with Gasteiger partial charge in [-0.3, -0.25) is 9.59 Å². The van der Waals surface area contributed by atoms with Crippen LogP contribution in [0.1, 0.15) is 32.4 Å². The molecule has 23 heavy (non-hydrogen) atoms. The molecule has 0 radical (unpaired) electrons. The van der Waals surface area contributed by atoms with Crippen LogP contribution in [-0.4, -0.2) is 22.8 Å². The minimum atomic E-state index is -0.528. The molecule has 0 saturated carbocycles. The molecule has 1 unspecified atom stereocenters. The third kappa shape index (κ3) is 4.90. The molecule has 4 N–H and O–H groups in total. The molecule has 2 aromatic rings. The van der Waals surface area contributed by atoms with Crippen molar-refractivity contribution in [1.82, 2.24) is 10.3 Å². The van der Waals surface area contributed by atoms with Gasteiger partial charge >= 0.3 is 0 Å². The van der Waals surface area contributed by atoms with Crippen LogP contribution in [0.25, 0.3) is 11.5 Å². The summed E-state index contributed by atoms with van der Waals surface area (Å²) in [5.41, 5.74) is 6.39. The van der Waals surface area contributed by atoms with Crippen molar-refractivity contribution in [2.75, 3.05) is 5.32 Å². The van der Waals surface area contributed by atoms with Gasteiger partial charge in [0, 0.05) is 12.3 Å². The highest BCUT2D eigenvalue weighted by molar-refractivity contribution is 7.14. The van der Waals surface area contributed by atoms with Gasteiger partial charge in [-0.15, -0.1) is 11.3 Å². The molecule has 0 aliphatic rings. The van der Waals surface area contributed by atoms with Crippen molar-refractivity contribution >= 4 is 28.3 Å². The predicted molar refractivity (Wildman–Crippen MR) is 88.8 cm³/mol. The van der Waals surface area contributed by atoms with E-state index in [1.807, 2.05) is 6.92 Å². The Labute approximate surface area is 138 Å². The van der Waals surface area contributed by atoms with Crippen LogP contribution in [0.3, 0.4) is 0 Å². The lowest BCUT2D eigenvalue weighted by Crippen LogP contribution is -2.35.